The molecule has 0 spiro atoms. The molecule has 0 saturated heterocycles. The maximum atomic E-state index is 8.89. The minimum absolute atomic E-state index is 0.0493. The molecule has 6 nitrogen and oxygen atoms in total. The summed E-state index contributed by atoms with van der Waals surface area (Å²) in [5.41, 5.74) is -0.0493. The fraction of sp³-hybridized carbons (Fsp3) is 0.333. The zero-order chi connectivity index (χ0) is 13.4. The highest BCUT2D eigenvalue weighted by molar-refractivity contribution is 5.60. The van der Waals surface area contributed by atoms with Gasteiger partial charge < -0.3 is 19.5 Å². The number of hydrogen-bond donors (Lipinski definition) is 2. The SMILES string of the molecule is N#CC(C#N)=Cc1ccc(N(CCO)CCO)o1. The minimum Gasteiger partial charge on any atom is -0.441 e. The van der Waals surface area contributed by atoms with E-state index < -0.39 is 0 Å². The third-order valence-electron chi connectivity index (χ3n) is 2.19. The highest BCUT2D eigenvalue weighted by Crippen LogP contribution is 2.20. The van der Waals surface area contributed by atoms with E-state index in [0.717, 1.165) is 0 Å². The van der Waals surface area contributed by atoms with E-state index in [2.05, 4.69) is 0 Å². The number of rotatable bonds is 6. The van der Waals surface area contributed by atoms with Gasteiger partial charge in [0.05, 0.1) is 13.2 Å². The predicted molar refractivity (Wildman–Crippen MR) is 64.3 cm³/mol. The van der Waals surface area contributed by atoms with E-state index in [9.17, 15) is 0 Å². The molecular weight excluding hydrogens is 234 g/mol. The van der Waals surface area contributed by atoms with Gasteiger partial charge in [-0.2, -0.15) is 10.5 Å². The number of furan rings is 1. The number of nitrogens with zero attached hydrogens (tertiary/aromatic N) is 3. The van der Waals surface area contributed by atoms with Crippen molar-refractivity contribution in [2.45, 2.75) is 0 Å². The third-order valence-corrected chi connectivity index (χ3v) is 2.19. The van der Waals surface area contributed by atoms with E-state index in [1.54, 1.807) is 29.2 Å². The Kier molecular flexibility index (Phi) is 5.46. The van der Waals surface area contributed by atoms with Crippen LogP contribution in [-0.2, 0) is 0 Å². The van der Waals surface area contributed by atoms with E-state index in [0.29, 0.717) is 24.7 Å². The molecule has 6 heteroatoms. The van der Waals surface area contributed by atoms with E-state index in [1.807, 2.05) is 0 Å². The molecule has 0 unspecified atom stereocenters. The topological polar surface area (TPSA) is 104 Å². The second kappa shape index (κ2) is 7.13. The molecule has 2 N–H and O–H groups in total. The van der Waals surface area contributed by atoms with Crippen molar-refractivity contribution in [3.05, 3.63) is 23.5 Å². The summed E-state index contributed by atoms with van der Waals surface area (Å²) in [5, 5.41) is 35.0. The Morgan fingerprint density at radius 3 is 2.33 bits per heavy atom. The molecule has 0 aliphatic heterocycles. The monoisotopic (exact) mass is 247 g/mol. The lowest BCUT2D eigenvalue weighted by Crippen LogP contribution is -2.29. The lowest BCUT2D eigenvalue weighted by molar-refractivity contribution is 0.277. The van der Waals surface area contributed by atoms with Crippen LogP contribution in [0.3, 0.4) is 0 Å². The molecular formula is C12H13N3O3. The molecule has 0 amide bonds. The molecule has 0 aromatic carbocycles. The molecule has 0 aliphatic rings. The van der Waals surface area contributed by atoms with Gasteiger partial charge in [0.25, 0.3) is 0 Å². The molecule has 1 aromatic heterocycles. The third kappa shape index (κ3) is 3.63. The summed E-state index contributed by atoms with van der Waals surface area (Å²) < 4.78 is 5.41. The molecule has 1 aromatic rings. The van der Waals surface area contributed by atoms with Crippen LogP contribution in [0, 0.1) is 22.7 Å². The van der Waals surface area contributed by atoms with Crippen LogP contribution in [0.25, 0.3) is 6.08 Å². The van der Waals surface area contributed by atoms with Gasteiger partial charge in [-0.1, -0.05) is 0 Å². The Bertz CT molecular complexity index is 471. The number of anilines is 1. The van der Waals surface area contributed by atoms with Gasteiger partial charge >= 0.3 is 0 Å². The van der Waals surface area contributed by atoms with Crippen LogP contribution in [0.15, 0.2) is 22.1 Å². The molecule has 94 valence electrons. The van der Waals surface area contributed by atoms with Crippen molar-refractivity contribution in [2.24, 2.45) is 0 Å². The van der Waals surface area contributed by atoms with Crippen molar-refractivity contribution in [3.63, 3.8) is 0 Å². The van der Waals surface area contributed by atoms with Crippen molar-refractivity contribution < 1.29 is 14.6 Å². The number of allylic oxidation sites excluding steroid dienone is 1. The first-order valence-corrected chi connectivity index (χ1v) is 5.33. The van der Waals surface area contributed by atoms with E-state index in [1.165, 1.54) is 6.08 Å². The van der Waals surface area contributed by atoms with E-state index >= 15 is 0 Å². The van der Waals surface area contributed by atoms with Gasteiger partial charge in [-0.25, -0.2) is 0 Å². The van der Waals surface area contributed by atoms with Crippen LogP contribution in [-0.4, -0.2) is 36.5 Å². The molecule has 1 heterocycles. The summed E-state index contributed by atoms with van der Waals surface area (Å²) in [4.78, 5) is 1.66. The number of hydrogen-bond acceptors (Lipinski definition) is 6. The fourth-order valence-corrected chi connectivity index (χ4v) is 1.40. The molecule has 0 atom stereocenters. The minimum atomic E-state index is -0.0620. The van der Waals surface area contributed by atoms with Crippen molar-refractivity contribution in [2.75, 3.05) is 31.2 Å². The zero-order valence-corrected chi connectivity index (χ0v) is 9.70. The maximum absolute atomic E-state index is 8.89. The van der Waals surface area contributed by atoms with Gasteiger partial charge in [-0.05, 0) is 6.07 Å². The molecule has 18 heavy (non-hydrogen) atoms. The van der Waals surface area contributed by atoms with Crippen molar-refractivity contribution in [3.8, 4) is 12.1 Å². The van der Waals surface area contributed by atoms with Crippen molar-refractivity contribution in [1.29, 1.82) is 10.5 Å². The lowest BCUT2D eigenvalue weighted by atomic mass is 10.3. The Hall–Kier alpha value is -2.28. The number of nitriles is 2. The average molecular weight is 247 g/mol. The molecule has 0 radical (unpaired) electrons. The summed E-state index contributed by atoms with van der Waals surface area (Å²) in [6, 6.07) is 6.74. The molecule has 0 saturated carbocycles. The van der Waals surface area contributed by atoms with Crippen LogP contribution < -0.4 is 4.90 Å². The van der Waals surface area contributed by atoms with Gasteiger partial charge in [0.2, 0.25) is 0 Å². The summed E-state index contributed by atoms with van der Waals surface area (Å²) >= 11 is 0. The summed E-state index contributed by atoms with van der Waals surface area (Å²) in [6.45, 7) is 0.544. The molecule has 0 aliphatic carbocycles. The average Bonchev–Trinajstić information content (AvgIpc) is 2.84. The highest BCUT2D eigenvalue weighted by Gasteiger charge is 2.09. The van der Waals surface area contributed by atoms with E-state index in [-0.39, 0.29) is 18.8 Å². The highest BCUT2D eigenvalue weighted by atomic mass is 16.4. The maximum Gasteiger partial charge on any atom is 0.196 e. The second-order valence-electron chi connectivity index (χ2n) is 3.39. The standard InChI is InChI=1S/C12H13N3O3/c13-8-10(9-14)7-11-1-2-12(18-11)15(3-5-16)4-6-17/h1-2,7,16-17H,3-6H2. The first-order valence-electron chi connectivity index (χ1n) is 5.33. The van der Waals surface area contributed by atoms with Crippen molar-refractivity contribution >= 4 is 12.0 Å². The van der Waals surface area contributed by atoms with Gasteiger partial charge in [0, 0.05) is 25.2 Å². The Balaban J connectivity index is 2.88. The van der Waals surface area contributed by atoms with Gasteiger partial charge in [-0.15, -0.1) is 0 Å². The van der Waals surface area contributed by atoms with Crippen LogP contribution in [0.4, 0.5) is 5.88 Å². The second-order valence-corrected chi connectivity index (χ2v) is 3.39. The quantitative estimate of drug-likeness (QED) is 0.709. The number of aliphatic hydroxyl groups is 2. The largest absolute Gasteiger partial charge is 0.441 e. The molecule has 0 bridgehead atoms. The van der Waals surface area contributed by atoms with Gasteiger partial charge in [-0.3, -0.25) is 0 Å². The van der Waals surface area contributed by atoms with Crippen LogP contribution in [0.5, 0.6) is 0 Å². The lowest BCUT2D eigenvalue weighted by Gasteiger charge is -2.19. The Morgan fingerprint density at radius 2 is 1.83 bits per heavy atom. The van der Waals surface area contributed by atoms with Crippen LogP contribution in [0.1, 0.15) is 5.76 Å². The fourth-order valence-electron chi connectivity index (χ4n) is 1.40. The van der Waals surface area contributed by atoms with Gasteiger partial charge in [0.1, 0.15) is 23.5 Å². The molecule has 1 rings (SSSR count). The van der Waals surface area contributed by atoms with Crippen LogP contribution >= 0.6 is 0 Å². The first-order chi connectivity index (χ1) is 8.74. The zero-order valence-electron chi connectivity index (χ0n) is 9.70. The smallest absolute Gasteiger partial charge is 0.196 e. The summed E-state index contributed by atoms with van der Waals surface area (Å²) in [7, 11) is 0. The number of aliphatic hydroxyl groups excluding tert-OH is 2. The summed E-state index contributed by atoms with van der Waals surface area (Å²) in [5.74, 6) is 0.851. The first kappa shape index (κ1) is 13.8. The van der Waals surface area contributed by atoms with Crippen LogP contribution in [0.2, 0.25) is 0 Å². The molecule has 0 fully saturated rings. The Morgan fingerprint density at radius 1 is 1.22 bits per heavy atom. The predicted octanol–water partition coefficient (Wildman–Crippen LogP) is 0.501. The van der Waals surface area contributed by atoms with Gasteiger partial charge in [0.15, 0.2) is 5.88 Å². The normalized spacial score (nSPS) is 9.33. The van der Waals surface area contributed by atoms with Crippen molar-refractivity contribution in [1.82, 2.24) is 0 Å². The summed E-state index contributed by atoms with van der Waals surface area (Å²) in [6.07, 6.45) is 1.33. The Labute approximate surface area is 105 Å². The van der Waals surface area contributed by atoms with E-state index in [4.69, 9.17) is 25.2 Å².